The van der Waals surface area contributed by atoms with E-state index in [1.165, 1.54) is 12.8 Å². The van der Waals surface area contributed by atoms with E-state index in [0.29, 0.717) is 24.0 Å². The van der Waals surface area contributed by atoms with Crippen LogP contribution >= 0.6 is 0 Å². The van der Waals surface area contributed by atoms with Gasteiger partial charge in [0.05, 0.1) is 12.2 Å². The van der Waals surface area contributed by atoms with E-state index < -0.39 is 0 Å². The monoisotopic (exact) mass is 178 g/mol. The minimum atomic E-state index is 0.350. The first kappa shape index (κ1) is 9.01. The van der Waals surface area contributed by atoms with Gasteiger partial charge >= 0.3 is 0 Å². The highest BCUT2D eigenvalue weighted by Crippen LogP contribution is 2.38. The first-order valence-electron chi connectivity index (χ1n) is 5.28. The third-order valence-corrected chi connectivity index (χ3v) is 3.24. The third-order valence-electron chi connectivity index (χ3n) is 3.24. The highest BCUT2D eigenvalue weighted by molar-refractivity contribution is 5.08. The van der Waals surface area contributed by atoms with E-state index in [1.54, 1.807) is 0 Å². The lowest BCUT2D eigenvalue weighted by molar-refractivity contribution is 0.0520. The molecule has 1 heterocycles. The van der Waals surface area contributed by atoms with Crippen LogP contribution in [0.4, 0.5) is 0 Å². The van der Waals surface area contributed by atoms with Crippen LogP contribution in [0.5, 0.6) is 0 Å². The Morgan fingerprint density at radius 3 is 3.00 bits per heavy atom. The topological polar surface area (TPSA) is 9.23 Å². The molecule has 0 radical (unpaired) electrons. The number of ether oxygens (including phenoxy) is 1. The molecule has 4 unspecified atom stereocenters. The molecule has 0 aromatic rings. The van der Waals surface area contributed by atoms with Crippen molar-refractivity contribution in [2.24, 2.45) is 11.8 Å². The van der Waals surface area contributed by atoms with Gasteiger partial charge < -0.3 is 4.74 Å². The van der Waals surface area contributed by atoms with Gasteiger partial charge in [-0.1, -0.05) is 31.2 Å². The van der Waals surface area contributed by atoms with Crippen molar-refractivity contribution in [3.05, 3.63) is 24.3 Å². The summed E-state index contributed by atoms with van der Waals surface area (Å²) in [5.41, 5.74) is 0. The Hall–Kier alpha value is -0.560. The highest BCUT2D eigenvalue weighted by Gasteiger charge is 2.39. The maximum absolute atomic E-state index is 5.98. The molecule has 0 amide bonds. The number of hydrogen-bond acceptors (Lipinski definition) is 1. The summed E-state index contributed by atoms with van der Waals surface area (Å²) in [6, 6.07) is 0. The van der Waals surface area contributed by atoms with Crippen LogP contribution in [0, 0.1) is 11.8 Å². The number of allylic oxidation sites excluding steroid dienone is 2. The minimum absolute atomic E-state index is 0.350. The molecule has 0 aromatic heterocycles. The lowest BCUT2D eigenvalue weighted by atomic mass is 9.84. The summed E-state index contributed by atoms with van der Waals surface area (Å²) in [7, 11) is 0. The SMILES string of the molecule is C/C=C\C1OC2CCC=CC2C1C. The van der Waals surface area contributed by atoms with E-state index in [-0.39, 0.29) is 0 Å². The van der Waals surface area contributed by atoms with Gasteiger partial charge in [-0.2, -0.15) is 0 Å². The number of fused-ring (bicyclic) bond motifs is 1. The van der Waals surface area contributed by atoms with Crippen molar-refractivity contribution in [3.8, 4) is 0 Å². The lowest BCUT2D eigenvalue weighted by Gasteiger charge is -2.20. The van der Waals surface area contributed by atoms with Crippen molar-refractivity contribution in [1.82, 2.24) is 0 Å². The average molecular weight is 178 g/mol. The molecule has 1 aliphatic carbocycles. The Labute approximate surface area is 80.5 Å². The van der Waals surface area contributed by atoms with E-state index >= 15 is 0 Å². The van der Waals surface area contributed by atoms with E-state index in [2.05, 4.69) is 38.2 Å². The van der Waals surface area contributed by atoms with Crippen LogP contribution in [0.3, 0.4) is 0 Å². The Morgan fingerprint density at radius 2 is 2.31 bits per heavy atom. The zero-order valence-electron chi connectivity index (χ0n) is 8.44. The van der Waals surface area contributed by atoms with Gasteiger partial charge in [-0.05, 0) is 25.7 Å². The van der Waals surface area contributed by atoms with Crippen LogP contribution in [0.15, 0.2) is 24.3 Å². The van der Waals surface area contributed by atoms with Gasteiger partial charge in [0, 0.05) is 5.92 Å². The summed E-state index contributed by atoms with van der Waals surface area (Å²) in [5, 5.41) is 0. The summed E-state index contributed by atoms with van der Waals surface area (Å²) in [5.74, 6) is 1.31. The first-order chi connectivity index (χ1) is 6.33. The molecule has 1 saturated heterocycles. The second-order valence-electron chi connectivity index (χ2n) is 4.11. The summed E-state index contributed by atoms with van der Waals surface area (Å²) in [6.07, 6.45) is 12.2. The lowest BCUT2D eigenvalue weighted by Crippen LogP contribution is -2.19. The van der Waals surface area contributed by atoms with Gasteiger partial charge in [0.25, 0.3) is 0 Å². The molecule has 1 aliphatic heterocycles. The van der Waals surface area contributed by atoms with E-state index in [4.69, 9.17) is 4.74 Å². The molecule has 0 N–H and O–H groups in total. The fourth-order valence-corrected chi connectivity index (χ4v) is 2.46. The quantitative estimate of drug-likeness (QED) is 0.561. The first-order valence-corrected chi connectivity index (χ1v) is 5.28. The fraction of sp³-hybridized carbons (Fsp3) is 0.667. The normalized spacial score (nSPS) is 44.2. The Kier molecular flexibility index (Phi) is 2.54. The van der Waals surface area contributed by atoms with Crippen LogP contribution in [0.25, 0.3) is 0 Å². The maximum atomic E-state index is 5.98. The van der Waals surface area contributed by atoms with E-state index in [9.17, 15) is 0 Å². The summed E-state index contributed by atoms with van der Waals surface area (Å²) in [4.78, 5) is 0. The zero-order valence-corrected chi connectivity index (χ0v) is 8.44. The average Bonchev–Trinajstić information content (AvgIpc) is 2.46. The van der Waals surface area contributed by atoms with Crippen molar-refractivity contribution in [1.29, 1.82) is 0 Å². The van der Waals surface area contributed by atoms with Gasteiger partial charge in [0.15, 0.2) is 0 Å². The molecule has 72 valence electrons. The van der Waals surface area contributed by atoms with E-state index in [1.807, 2.05) is 0 Å². The largest absolute Gasteiger partial charge is 0.370 e. The molecule has 2 rings (SSSR count). The van der Waals surface area contributed by atoms with Crippen molar-refractivity contribution in [2.75, 3.05) is 0 Å². The van der Waals surface area contributed by atoms with Crippen LogP contribution in [0.2, 0.25) is 0 Å². The van der Waals surface area contributed by atoms with Crippen molar-refractivity contribution >= 4 is 0 Å². The van der Waals surface area contributed by atoms with Gasteiger partial charge in [0.1, 0.15) is 0 Å². The van der Waals surface area contributed by atoms with Crippen LogP contribution in [-0.4, -0.2) is 12.2 Å². The highest BCUT2D eigenvalue weighted by atomic mass is 16.5. The van der Waals surface area contributed by atoms with E-state index in [0.717, 1.165) is 0 Å². The molecule has 2 aliphatic rings. The summed E-state index contributed by atoms with van der Waals surface area (Å²) < 4.78 is 5.98. The van der Waals surface area contributed by atoms with Gasteiger partial charge in [-0.15, -0.1) is 0 Å². The van der Waals surface area contributed by atoms with Crippen molar-refractivity contribution in [2.45, 2.75) is 38.9 Å². The fourth-order valence-electron chi connectivity index (χ4n) is 2.46. The van der Waals surface area contributed by atoms with Gasteiger partial charge in [-0.3, -0.25) is 0 Å². The van der Waals surface area contributed by atoms with Crippen LogP contribution in [-0.2, 0) is 4.74 Å². The second-order valence-corrected chi connectivity index (χ2v) is 4.11. The maximum Gasteiger partial charge on any atom is 0.0791 e. The number of rotatable bonds is 1. The zero-order chi connectivity index (χ0) is 9.26. The molecular formula is C12H18O. The molecule has 4 atom stereocenters. The molecule has 1 fully saturated rings. The minimum Gasteiger partial charge on any atom is -0.370 e. The molecule has 0 bridgehead atoms. The molecule has 1 nitrogen and oxygen atoms in total. The van der Waals surface area contributed by atoms with Crippen molar-refractivity contribution in [3.63, 3.8) is 0 Å². The van der Waals surface area contributed by atoms with Crippen LogP contribution < -0.4 is 0 Å². The number of hydrogen-bond donors (Lipinski definition) is 0. The third kappa shape index (κ3) is 1.58. The Morgan fingerprint density at radius 1 is 1.46 bits per heavy atom. The summed E-state index contributed by atoms with van der Waals surface area (Å²) >= 11 is 0. The predicted octanol–water partition coefficient (Wildman–Crippen LogP) is 2.93. The molecule has 0 saturated carbocycles. The molecular weight excluding hydrogens is 160 g/mol. The standard InChI is InChI=1S/C12H18O/c1-3-6-11-9(2)10-7-4-5-8-12(10)13-11/h3-4,6-7,9-12H,5,8H2,1-2H3/b6-3-. The summed E-state index contributed by atoms with van der Waals surface area (Å²) in [6.45, 7) is 4.36. The van der Waals surface area contributed by atoms with Gasteiger partial charge in [0.2, 0.25) is 0 Å². The molecule has 0 spiro atoms. The molecule has 1 heteroatoms. The molecule has 13 heavy (non-hydrogen) atoms. The Balaban J connectivity index is 2.11. The van der Waals surface area contributed by atoms with Crippen LogP contribution in [0.1, 0.15) is 26.7 Å². The van der Waals surface area contributed by atoms with Gasteiger partial charge in [-0.25, -0.2) is 0 Å². The predicted molar refractivity (Wildman–Crippen MR) is 54.5 cm³/mol. The van der Waals surface area contributed by atoms with Crippen molar-refractivity contribution < 1.29 is 4.74 Å². The second kappa shape index (κ2) is 3.67. The Bertz CT molecular complexity index is 229. The smallest absolute Gasteiger partial charge is 0.0791 e. The molecule has 0 aromatic carbocycles.